The summed E-state index contributed by atoms with van der Waals surface area (Å²) in [5.74, 6) is 1.48. The summed E-state index contributed by atoms with van der Waals surface area (Å²) >= 11 is 0. The molecule has 116 valence electrons. The largest absolute Gasteiger partial charge is 0.316 e. The minimum atomic E-state index is 0. The van der Waals surface area contributed by atoms with Crippen molar-refractivity contribution in [2.45, 2.75) is 18.8 Å². The fourth-order valence-electron chi connectivity index (χ4n) is 2.37. The van der Waals surface area contributed by atoms with E-state index in [0.29, 0.717) is 5.92 Å². The molecular weight excluding hydrogens is 329 g/mol. The Hall–Kier alpha value is -0.870. The maximum Gasteiger partial charge on any atom is 0.132 e. The fourth-order valence-corrected chi connectivity index (χ4v) is 2.37. The zero-order chi connectivity index (χ0) is 12.2. The van der Waals surface area contributed by atoms with Gasteiger partial charge in [-0.1, -0.05) is 30.3 Å². The van der Waals surface area contributed by atoms with Crippen LogP contribution in [0.4, 0.5) is 0 Å². The molecule has 21 heavy (non-hydrogen) atoms. The van der Waals surface area contributed by atoms with E-state index in [9.17, 15) is 0 Å². The molecule has 3 nitrogen and oxygen atoms in total. The predicted molar refractivity (Wildman–Crippen MR) is 93.3 cm³/mol. The van der Waals surface area contributed by atoms with Gasteiger partial charge in [-0.05, 0) is 24.1 Å². The number of rotatable bonds is 3. The van der Waals surface area contributed by atoms with Crippen molar-refractivity contribution in [2.75, 3.05) is 13.1 Å². The van der Waals surface area contributed by atoms with Gasteiger partial charge in [0.05, 0.1) is 0 Å². The van der Waals surface area contributed by atoms with Gasteiger partial charge >= 0.3 is 0 Å². The summed E-state index contributed by atoms with van der Waals surface area (Å²) in [4.78, 5) is 9.01. The molecule has 0 spiro atoms. The van der Waals surface area contributed by atoms with Crippen molar-refractivity contribution in [3.63, 3.8) is 0 Å². The Balaban J connectivity index is 0.00000133. The van der Waals surface area contributed by atoms with Gasteiger partial charge in [-0.3, -0.25) is 0 Å². The third-order valence-electron chi connectivity index (χ3n) is 3.40. The van der Waals surface area contributed by atoms with E-state index in [0.717, 1.165) is 31.8 Å². The number of hydrogen-bond donors (Lipinski definition) is 1. The average Bonchev–Trinajstić information content (AvgIpc) is 2.95. The SMILES string of the molecule is Cl.Cl.Cl.c1ccc(Cc2cnc(C3CCNC3)nc2)cc1. The molecule has 1 fully saturated rings. The van der Waals surface area contributed by atoms with E-state index in [1.165, 1.54) is 11.1 Å². The molecule has 2 heterocycles. The summed E-state index contributed by atoms with van der Waals surface area (Å²) < 4.78 is 0. The molecule has 1 unspecified atom stereocenters. The molecule has 1 atom stereocenters. The Bertz CT molecular complexity index is 499. The second-order valence-corrected chi connectivity index (χ2v) is 4.80. The number of hydrogen-bond acceptors (Lipinski definition) is 3. The van der Waals surface area contributed by atoms with Crippen LogP contribution in [0.25, 0.3) is 0 Å². The standard InChI is InChI=1S/C15H17N3.3ClH/c1-2-4-12(5-3-1)8-13-9-17-15(18-10-13)14-6-7-16-11-14;;;/h1-5,9-10,14,16H,6-8,11H2;3*1H. The van der Waals surface area contributed by atoms with Crippen molar-refractivity contribution >= 4 is 37.2 Å². The lowest BCUT2D eigenvalue weighted by Crippen LogP contribution is -2.10. The lowest BCUT2D eigenvalue weighted by Gasteiger charge is -2.07. The van der Waals surface area contributed by atoms with Crippen LogP contribution in [0.2, 0.25) is 0 Å². The van der Waals surface area contributed by atoms with E-state index in [1.807, 2.05) is 18.5 Å². The summed E-state index contributed by atoms with van der Waals surface area (Å²) in [7, 11) is 0. The highest BCUT2D eigenvalue weighted by molar-refractivity contribution is 5.86. The smallest absolute Gasteiger partial charge is 0.132 e. The second kappa shape index (κ2) is 9.96. The van der Waals surface area contributed by atoms with Gasteiger partial charge in [0.15, 0.2) is 0 Å². The van der Waals surface area contributed by atoms with Crippen LogP contribution < -0.4 is 5.32 Å². The normalized spacial score (nSPS) is 16.3. The first-order valence-electron chi connectivity index (χ1n) is 6.47. The molecular formula is C15H20Cl3N3. The highest BCUT2D eigenvalue weighted by atomic mass is 35.5. The van der Waals surface area contributed by atoms with Gasteiger partial charge in [-0.25, -0.2) is 9.97 Å². The fraction of sp³-hybridized carbons (Fsp3) is 0.333. The highest BCUT2D eigenvalue weighted by Crippen LogP contribution is 2.18. The Morgan fingerprint density at radius 2 is 1.62 bits per heavy atom. The topological polar surface area (TPSA) is 37.8 Å². The number of aromatic nitrogens is 2. The second-order valence-electron chi connectivity index (χ2n) is 4.80. The quantitative estimate of drug-likeness (QED) is 0.923. The number of halogens is 3. The molecule has 0 bridgehead atoms. The van der Waals surface area contributed by atoms with E-state index >= 15 is 0 Å². The average molecular weight is 349 g/mol. The van der Waals surface area contributed by atoms with Crippen molar-refractivity contribution in [1.82, 2.24) is 15.3 Å². The Morgan fingerprint density at radius 3 is 2.19 bits per heavy atom. The van der Waals surface area contributed by atoms with Crippen LogP contribution >= 0.6 is 37.2 Å². The molecule has 2 aromatic rings. The Labute approximate surface area is 144 Å². The molecule has 1 saturated heterocycles. The van der Waals surface area contributed by atoms with Crippen LogP contribution in [0, 0.1) is 0 Å². The summed E-state index contributed by atoms with van der Waals surface area (Å²) in [5.41, 5.74) is 2.48. The predicted octanol–water partition coefficient (Wildman–Crippen LogP) is 3.41. The monoisotopic (exact) mass is 347 g/mol. The van der Waals surface area contributed by atoms with Crippen LogP contribution in [0.15, 0.2) is 42.7 Å². The van der Waals surface area contributed by atoms with Crippen LogP contribution in [-0.2, 0) is 6.42 Å². The first-order chi connectivity index (χ1) is 8.92. The van der Waals surface area contributed by atoms with E-state index in [4.69, 9.17) is 0 Å². The van der Waals surface area contributed by atoms with Crippen LogP contribution in [0.5, 0.6) is 0 Å². The summed E-state index contributed by atoms with van der Waals surface area (Å²) in [5, 5.41) is 3.35. The number of benzene rings is 1. The van der Waals surface area contributed by atoms with Crippen molar-refractivity contribution in [1.29, 1.82) is 0 Å². The van der Waals surface area contributed by atoms with E-state index in [2.05, 4.69) is 39.6 Å². The maximum atomic E-state index is 4.51. The van der Waals surface area contributed by atoms with Gasteiger partial charge in [0, 0.05) is 31.3 Å². The van der Waals surface area contributed by atoms with Crippen LogP contribution in [-0.4, -0.2) is 23.1 Å². The molecule has 0 radical (unpaired) electrons. The molecule has 0 aliphatic carbocycles. The molecule has 6 heteroatoms. The summed E-state index contributed by atoms with van der Waals surface area (Å²) in [6.07, 6.45) is 5.99. The van der Waals surface area contributed by atoms with Gasteiger partial charge in [0.2, 0.25) is 0 Å². The van der Waals surface area contributed by atoms with E-state index in [1.54, 1.807) is 0 Å². The zero-order valence-electron chi connectivity index (χ0n) is 11.6. The summed E-state index contributed by atoms with van der Waals surface area (Å²) in [6, 6.07) is 10.4. The van der Waals surface area contributed by atoms with Crippen molar-refractivity contribution in [3.05, 3.63) is 59.7 Å². The van der Waals surface area contributed by atoms with Gasteiger partial charge in [0.25, 0.3) is 0 Å². The summed E-state index contributed by atoms with van der Waals surface area (Å²) in [6.45, 7) is 2.10. The van der Waals surface area contributed by atoms with Crippen molar-refractivity contribution < 1.29 is 0 Å². The lowest BCUT2D eigenvalue weighted by atomic mass is 10.1. The van der Waals surface area contributed by atoms with Crippen LogP contribution in [0.3, 0.4) is 0 Å². The first kappa shape index (κ1) is 20.1. The van der Waals surface area contributed by atoms with Crippen molar-refractivity contribution in [2.24, 2.45) is 0 Å². The van der Waals surface area contributed by atoms with Gasteiger partial charge in [0.1, 0.15) is 5.82 Å². The lowest BCUT2D eigenvalue weighted by molar-refractivity contribution is 0.698. The molecule has 0 amide bonds. The zero-order valence-corrected chi connectivity index (χ0v) is 14.0. The van der Waals surface area contributed by atoms with E-state index < -0.39 is 0 Å². The highest BCUT2D eigenvalue weighted by Gasteiger charge is 2.18. The third kappa shape index (κ3) is 5.44. The molecule has 1 N–H and O–H groups in total. The maximum absolute atomic E-state index is 4.51. The van der Waals surface area contributed by atoms with E-state index in [-0.39, 0.29) is 37.2 Å². The number of nitrogens with one attached hydrogen (secondary N) is 1. The number of nitrogens with zero attached hydrogens (tertiary/aromatic N) is 2. The molecule has 1 aliphatic rings. The minimum Gasteiger partial charge on any atom is -0.316 e. The first-order valence-corrected chi connectivity index (χ1v) is 6.47. The minimum absolute atomic E-state index is 0. The Kier molecular flexibility index (Phi) is 9.54. The van der Waals surface area contributed by atoms with Crippen LogP contribution in [0.1, 0.15) is 29.3 Å². The molecule has 1 aromatic carbocycles. The van der Waals surface area contributed by atoms with Crippen molar-refractivity contribution in [3.8, 4) is 0 Å². The van der Waals surface area contributed by atoms with Gasteiger partial charge in [-0.15, -0.1) is 37.2 Å². The van der Waals surface area contributed by atoms with Gasteiger partial charge < -0.3 is 5.32 Å². The molecule has 3 rings (SSSR count). The third-order valence-corrected chi connectivity index (χ3v) is 3.40. The molecule has 1 aliphatic heterocycles. The Morgan fingerprint density at radius 1 is 0.952 bits per heavy atom. The van der Waals surface area contributed by atoms with Gasteiger partial charge in [-0.2, -0.15) is 0 Å². The molecule has 0 saturated carbocycles. The molecule has 1 aromatic heterocycles.